The number of aryl methyl sites for hydroxylation is 1. The molecule has 2 rings (SSSR count). The van der Waals surface area contributed by atoms with Crippen molar-refractivity contribution in [1.82, 2.24) is 0 Å². The Bertz CT molecular complexity index is 463. The van der Waals surface area contributed by atoms with Crippen LogP contribution in [0.25, 0.3) is 0 Å². The first-order valence-corrected chi connectivity index (χ1v) is 7.17. The van der Waals surface area contributed by atoms with Crippen LogP contribution in [0.2, 0.25) is 0 Å². The van der Waals surface area contributed by atoms with Crippen LogP contribution in [0, 0.1) is 6.92 Å². The molecule has 1 heterocycles. The van der Waals surface area contributed by atoms with Crippen molar-refractivity contribution in [2.75, 3.05) is 6.61 Å². The van der Waals surface area contributed by atoms with E-state index in [-0.39, 0.29) is 5.78 Å². The summed E-state index contributed by atoms with van der Waals surface area (Å²) in [5.41, 5.74) is 1.13. The highest BCUT2D eigenvalue weighted by Crippen LogP contribution is 2.33. The standard InChI is InChI=1S/C13H14Br2O2/c1-8-6-11(15)9(7-10(8)14)12(16)13(2)4-3-5-17-13/h6-7H,3-5H2,1-2H3. The van der Waals surface area contributed by atoms with Crippen molar-refractivity contribution in [3.8, 4) is 0 Å². The number of hydrogen-bond donors (Lipinski definition) is 0. The van der Waals surface area contributed by atoms with Gasteiger partial charge < -0.3 is 4.74 Å². The van der Waals surface area contributed by atoms with Gasteiger partial charge in [0, 0.05) is 21.1 Å². The first kappa shape index (κ1) is 13.2. The summed E-state index contributed by atoms with van der Waals surface area (Å²) in [5.74, 6) is 0.0579. The molecule has 1 saturated heterocycles. The van der Waals surface area contributed by atoms with Crippen LogP contribution >= 0.6 is 31.9 Å². The summed E-state index contributed by atoms with van der Waals surface area (Å²) in [6, 6.07) is 3.82. The Labute approximate surface area is 118 Å². The number of hydrogen-bond acceptors (Lipinski definition) is 2. The highest BCUT2D eigenvalue weighted by molar-refractivity contribution is 9.11. The molecule has 1 atom stereocenters. The lowest BCUT2D eigenvalue weighted by molar-refractivity contribution is 0.0213. The molecule has 0 N–H and O–H groups in total. The van der Waals surface area contributed by atoms with Crippen LogP contribution in [0.3, 0.4) is 0 Å². The average molecular weight is 362 g/mol. The summed E-state index contributed by atoms with van der Waals surface area (Å²) in [4.78, 5) is 12.5. The van der Waals surface area contributed by atoms with Crippen molar-refractivity contribution >= 4 is 37.6 Å². The molecule has 0 spiro atoms. The fourth-order valence-electron chi connectivity index (χ4n) is 2.06. The van der Waals surface area contributed by atoms with Gasteiger partial charge in [-0.25, -0.2) is 0 Å². The number of benzene rings is 1. The molecule has 1 aromatic rings. The lowest BCUT2D eigenvalue weighted by Crippen LogP contribution is -2.34. The van der Waals surface area contributed by atoms with Crippen LogP contribution in [0.5, 0.6) is 0 Å². The number of rotatable bonds is 2. The van der Waals surface area contributed by atoms with Crippen LogP contribution in [0.4, 0.5) is 0 Å². The third-order valence-electron chi connectivity index (χ3n) is 3.19. The predicted molar refractivity (Wildman–Crippen MR) is 74.5 cm³/mol. The monoisotopic (exact) mass is 360 g/mol. The summed E-state index contributed by atoms with van der Waals surface area (Å²) in [5, 5.41) is 0. The van der Waals surface area contributed by atoms with Crippen molar-refractivity contribution in [3.05, 3.63) is 32.2 Å². The molecule has 0 bridgehead atoms. The fraction of sp³-hybridized carbons (Fsp3) is 0.462. The Kier molecular flexibility index (Phi) is 3.76. The molecule has 1 aliphatic rings. The van der Waals surface area contributed by atoms with E-state index in [1.807, 2.05) is 26.0 Å². The summed E-state index contributed by atoms with van der Waals surface area (Å²) < 4.78 is 7.38. The maximum atomic E-state index is 12.5. The molecule has 4 heteroatoms. The van der Waals surface area contributed by atoms with Crippen molar-refractivity contribution in [1.29, 1.82) is 0 Å². The van der Waals surface area contributed by atoms with Gasteiger partial charge in [-0.2, -0.15) is 0 Å². The van der Waals surface area contributed by atoms with Crippen molar-refractivity contribution in [3.63, 3.8) is 0 Å². The van der Waals surface area contributed by atoms with Gasteiger partial charge in [0.1, 0.15) is 5.60 Å². The molecule has 0 aliphatic carbocycles. The zero-order chi connectivity index (χ0) is 12.6. The molecule has 1 unspecified atom stereocenters. The number of carbonyl (C=O) groups excluding carboxylic acids is 1. The summed E-state index contributed by atoms with van der Waals surface area (Å²) in [6.45, 7) is 4.55. The van der Waals surface area contributed by atoms with Gasteiger partial charge >= 0.3 is 0 Å². The Morgan fingerprint density at radius 1 is 1.35 bits per heavy atom. The zero-order valence-corrected chi connectivity index (χ0v) is 13.0. The molecule has 17 heavy (non-hydrogen) atoms. The van der Waals surface area contributed by atoms with Gasteiger partial charge in [-0.05, 0) is 44.4 Å². The highest BCUT2D eigenvalue weighted by Gasteiger charge is 2.39. The molecule has 0 radical (unpaired) electrons. The van der Waals surface area contributed by atoms with Crippen molar-refractivity contribution in [2.45, 2.75) is 32.3 Å². The van der Waals surface area contributed by atoms with E-state index in [2.05, 4.69) is 31.9 Å². The van der Waals surface area contributed by atoms with E-state index < -0.39 is 5.60 Å². The second kappa shape index (κ2) is 4.82. The highest BCUT2D eigenvalue weighted by atomic mass is 79.9. The van der Waals surface area contributed by atoms with Crippen molar-refractivity contribution < 1.29 is 9.53 Å². The Morgan fingerprint density at radius 3 is 2.65 bits per heavy atom. The maximum Gasteiger partial charge on any atom is 0.195 e. The van der Waals surface area contributed by atoms with Crippen LogP contribution in [-0.4, -0.2) is 18.0 Å². The lowest BCUT2D eigenvalue weighted by Gasteiger charge is -2.22. The maximum absolute atomic E-state index is 12.5. The Balaban J connectivity index is 2.40. The molecule has 0 saturated carbocycles. The van der Waals surface area contributed by atoms with Gasteiger partial charge in [-0.15, -0.1) is 0 Å². The number of ether oxygens (including phenoxy) is 1. The third kappa shape index (κ3) is 2.49. The minimum Gasteiger partial charge on any atom is -0.367 e. The largest absolute Gasteiger partial charge is 0.367 e. The van der Waals surface area contributed by atoms with Crippen LogP contribution < -0.4 is 0 Å². The molecule has 2 nitrogen and oxygen atoms in total. The SMILES string of the molecule is Cc1cc(Br)c(C(=O)C2(C)CCCO2)cc1Br. The number of ketones is 1. The second-order valence-corrected chi connectivity index (χ2v) is 6.30. The minimum atomic E-state index is -0.656. The number of halogens is 2. The van der Waals surface area contributed by atoms with Gasteiger partial charge in [-0.3, -0.25) is 4.79 Å². The van der Waals surface area contributed by atoms with Gasteiger partial charge in [0.25, 0.3) is 0 Å². The van der Waals surface area contributed by atoms with Crippen LogP contribution in [0.1, 0.15) is 35.7 Å². The van der Waals surface area contributed by atoms with E-state index in [1.54, 1.807) is 0 Å². The first-order chi connectivity index (χ1) is 7.94. The number of Topliss-reactive ketones (excluding diaryl/α,β-unsaturated/α-hetero) is 1. The van der Waals surface area contributed by atoms with E-state index in [0.717, 1.165) is 27.4 Å². The molecule has 1 aliphatic heterocycles. The Morgan fingerprint density at radius 2 is 2.06 bits per heavy atom. The van der Waals surface area contributed by atoms with E-state index in [1.165, 1.54) is 0 Å². The summed E-state index contributed by atoms with van der Waals surface area (Å²) >= 11 is 6.92. The summed E-state index contributed by atoms with van der Waals surface area (Å²) in [6.07, 6.45) is 1.75. The molecule has 1 fully saturated rings. The minimum absolute atomic E-state index is 0.0579. The van der Waals surface area contributed by atoms with Crippen LogP contribution in [0.15, 0.2) is 21.1 Å². The molecular weight excluding hydrogens is 348 g/mol. The molecule has 0 aromatic heterocycles. The quantitative estimate of drug-likeness (QED) is 0.735. The fourth-order valence-corrected chi connectivity index (χ4v) is 3.04. The predicted octanol–water partition coefficient (Wildman–Crippen LogP) is 4.27. The molecule has 0 amide bonds. The zero-order valence-electron chi connectivity index (χ0n) is 9.85. The van der Waals surface area contributed by atoms with E-state index in [0.29, 0.717) is 12.2 Å². The molecular formula is C13H14Br2O2. The molecule has 1 aromatic carbocycles. The van der Waals surface area contributed by atoms with Crippen LogP contribution in [-0.2, 0) is 4.74 Å². The average Bonchev–Trinajstić information content (AvgIpc) is 2.71. The van der Waals surface area contributed by atoms with E-state index >= 15 is 0 Å². The lowest BCUT2D eigenvalue weighted by atomic mass is 9.92. The van der Waals surface area contributed by atoms with E-state index in [9.17, 15) is 4.79 Å². The van der Waals surface area contributed by atoms with Crippen molar-refractivity contribution in [2.24, 2.45) is 0 Å². The van der Waals surface area contributed by atoms with E-state index in [4.69, 9.17) is 4.74 Å². The van der Waals surface area contributed by atoms with Gasteiger partial charge in [-0.1, -0.05) is 31.9 Å². The smallest absolute Gasteiger partial charge is 0.195 e. The summed E-state index contributed by atoms with van der Waals surface area (Å²) in [7, 11) is 0. The topological polar surface area (TPSA) is 26.3 Å². The van der Waals surface area contributed by atoms with Gasteiger partial charge in [0.2, 0.25) is 0 Å². The van der Waals surface area contributed by atoms with Gasteiger partial charge in [0.15, 0.2) is 5.78 Å². The third-order valence-corrected chi connectivity index (χ3v) is 4.70. The normalized spacial score (nSPS) is 24.0. The second-order valence-electron chi connectivity index (χ2n) is 4.59. The Hall–Kier alpha value is -0.190. The first-order valence-electron chi connectivity index (χ1n) is 5.58. The van der Waals surface area contributed by atoms with Gasteiger partial charge in [0.05, 0.1) is 0 Å². The number of carbonyl (C=O) groups is 1. The molecule has 92 valence electrons.